The maximum atomic E-state index is 2.35. The molecule has 13 heavy (non-hydrogen) atoms. The fraction of sp³-hybridized carbons (Fsp3) is 0.818. The molecule has 0 fully saturated rings. The lowest BCUT2D eigenvalue weighted by Crippen LogP contribution is -2.15. The first kappa shape index (κ1) is 13.1. The molecule has 0 bridgehead atoms. The number of hydrogen-bond acceptors (Lipinski definition) is 2. The van der Waals surface area contributed by atoms with Crippen LogP contribution in [-0.2, 0) is 0 Å². The minimum absolute atomic E-state index is 0.720. The molecular formula is C11H23NS. The van der Waals surface area contributed by atoms with Gasteiger partial charge >= 0.3 is 0 Å². The third kappa shape index (κ3) is 6.17. The molecule has 1 nitrogen and oxygen atoms in total. The molecule has 0 rings (SSSR count). The Morgan fingerprint density at radius 1 is 1.46 bits per heavy atom. The molecule has 0 aromatic heterocycles. The lowest BCUT2D eigenvalue weighted by molar-refractivity contribution is 0.378. The maximum Gasteiger partial charge on any atom is -0.00189 e. The van der Waals surface area contributed by atoms with Gasteiger partial charge in [-0.3, -0.25) is 0 Å². The quantitative estimate of drug-likeness (QED) is 0.649. The third-order valence-electron chi connectivity index (χ3n) is 2.14. The molecule has 0 aromatic carbocycles. The Morgan fingerprint density at radius 3 is 2.46 bits per heavy atom. The summed E-state index contributed by atoms with van der Waals surface area (Å²) in [5.41, 5.74) is 0. The lowest BCUT2D eigenvalue weighted by Gasteiger charge is -2.16. The van der Waals surface area contributed by atoms with Gasteiger partial charge in [-0.1, -0.05) is 19.9 Å². The van der Waals surface area contributed by atoms with Gasteiger partial charge in [0.25, 0.3) is 0 Å². The van der Waals surface area contributed by atoms with E-state index in [1.165, 1.54) is 13.0 Å². The standard InChI is InChI=1S/C11H23NS/c1-6-7-11(13-5)10(2)8-9-12(3)4/h7,10H,6,8-9H2,1-5H3/b11-7-. The van der Waals surface area contributed by atoms with Crippen molar-refractivity contribution in [1.82, 2.24) is 4.90 Å². The number of nitrogens with zero attached hydrogens (tertiary/aromatic N) is 1. The molecule has 0 aliphatic carbocycles. The zero-order chi connectivity index (χ0) is 10.3. The number of thioether (sulfide) groups is 1. The van der Waals surface area contributed by atoms with E-state index in [-0.39, 0.29) is 0 Å². The summed E-state index contributed by atoms with van der Waals surface area (Å²) in [4.78, 5) is 3.80. The molecule has 0 amide bonds. The fourth-order valence-corrected chi connectivity index (χ4v) is 2.13. The van der Waals surface area contributed by atoms with Gasteiger partial charge in [-0.25, -0.2) is 0 Å². The average Bonchev–Trinajstić information content (AvgIpc) is 2.10. The maximum absolute atomic E-state index is 2.35. The van der Waals surface area contributed by atoms with Crippen LogP contribution in [0.1, 0.15) is 26.7 Å². The fourth-order valence-electron chi connectivity index (χ4n) is 1.28. The highest BCUT2D eigenvalue weighted by atomic mass is 32.2. The summed E-state index contributed by atoms with van der Waals surface area (Å²) in [6.45, 7) is 5.71. The van der Waals surface area contributed by atoms with Crippen LogP contribution < -0.4 is 0 Å². The normalized spacial score (nSPS) is 15.1. The minimum atomic E-state index is 0.720. The first-order chi connectivity index (χ1) is 6.11. The molecule has 0 aliphatic heterocycles. The predicted octanol–water partition coefficient (Wildman–Crippen LogP) is 3.23. The van der Waals surface area contributed by atoms with Crippen molar-refractivity contribution in [3.8, 4) is 0 Å². The summed E-state index contributed by atoms with van der Waals surface area (Å²) in [6, 6.07) is 0. The van der Waals surface area contributed by atoms with E-state index in [4.69, 9.17) is 0 Å². The van der Waals surface area contributed by atoms with Crippen LogP contribution in [0, 0.1) is 5.92 Å². The van der Waals surface area contributed by atoms with Crippen LogP contribution >= 0.6 is 11.8 Å². The largest absolute Gasteiger partial charge is 0.309 e. The molecule has 2 heteroatoms. The summed E-state index contributed by atoms with van der Waals surface area (Å²) in [7, 11) is 4.27. The van der Waals surface area contributed by atoms with Gasteiger partial charge in [0.15, 0.2) is 0 Å². The second-order valence-corrected chi connectivity index (χ2v) is 4.59. The van der Waals surface area contributed by atoms with E-state index in [9.17, 15) is 0 Å². The molecule has 0 N–H and O–H groups in total. The molecule has 1 unspecified atom stereocenters. The van der Waals surface area contributed by atoms with Gasteiger partial charge < -0.3 is 4.90 Å². The highest BCUT2D eigenvalue weighted by Crippen LogP contribution is 2.24. The Hall–Kier alpha value is 0.0500. The molecule has 0 aromatic rings. The summed E-state index contributed by atoms with van der Waals surface area (Å²) < 4.78 is 0. The Morgan fingerprint density at radius 2 is 2.08 bits per heavy atom. The van der Waals surface area contributed by atoms with E-state index >= 15 is 0 Å². The van der Waals surface area contributed by atoms with Gasteiger partial charge in [0.1, 0.15) is 0 Å². The van der Waals surface area contributed by atoms with E-state index in [1.54, 1.807) is 4.91 Å². The number of rotatable bonds is 6. The first-order valence-electron chi connectivity index (χ1n) is 5.00. The number of allylic oxidation sites excluding steroid dienone is 2. The van der Waals surface area contributed by atoms with E-state index in [2.05, 4.69) is 45.2 Å². The van der Waals surface area contributed by atoms with Crippen molar-refractivity contribution in [2.45, 2.75) is 26.7 Å². The minimum Gasteiger partial charge on any atom is -0.309 e. The van der Waals surface area contributed by atoms with Crippen LogP contribution in [-0.4, -0.2) is 31.8 Å². The van der Waals surface area contributed by atoms with Crippen LogP contribution in [0.2, 0.25) is 0 Å². The van der Waals surface area contributed by atoms with Crippen molar-refractivity contribution in [1.29, 1.82) is 0 Å². The molecule has 0 spiro atoms. The smallest absolute Gasteiger partial charge is 0.00189 e. The third-order valence-corrected chi connectivity index (χ3v) is 3.18. The molecule has 1 atom stereocenters. The van der Waals surface area contributed by atoms with E-state index in [1.807, 2.05) is 11.8 Å². The average molecular weight is 201 g/mol. The topological polar surface area (TPSA) is 3.24 Å². The zero-order valence-electron chi connectivity index (χ0n) is 9.63. The Labute approximate surface area is 87.6 Å². The molecule has 0 aliphatic rings. The van der Waals surface area contributed by atoms with Crippen LogP contribution in [0.25, 0.3) is 0 Å². The van der Waals surface area contributed by atoms with Gasteiger partial charge in [0.2, 0.25) is 0 Å². The second kappa shape index (κ2) is 7.45. The van der Waals surface area contributed by atoms with Crippen molar-refractivity contribution in [2.75, 3.05) is 26.9 Å². The Balaban J connectivity index is 3.91. The lowest BCUT2D eigenvalue weighted by atomic mass is 10.1. The van der Waals surface area contributed by atoms with Gasteiger partial charge in [-0.05, 0) is 50.6 Å². The van der Waals surface area contributed by atoms with Crippen LogP contribution in [0.15, 0.2) is 11.0 Å². The monoisotopic (exact) mass is 201 g/mol. The van der Waals surface area contributed by atoms with Crippen molar-refractivity contribution >= 4 is 11.8 Å². The molecule has 0 saturated carbocycles. The molecule has 0 saturated heterocycles. The van der Waals surface area contributed by atoms with Crippen molar-refractivity contribution < 1.29 is 0 Å². The van der Waals surface area contributed by atoms with E-state index in [0.717, 1.165) is 12.3 Å². The predicted molar refractivity (Wildman–Crippen MR) is 64.2 cm³/mol. The van der Waals surface area contributed by atoms with Crippen LogP contribution in [0.5, 0.6) is 0 Å². The van der Waals surface area contributed by atoms with Gasteiger partial charge in [-0.2, -0.15) is 0 Å². The van der Waals surface area contributed by atoms with Crippen molar-refractivity contribution in [2.24, 2.45) is 5.92 Å². The molecule has 0 radical (unpaired) electrons. The van der Waals surface area contributed by atoms with Gasteiger partial charge in [-0.15, -0.1) is 11.8 Å². The highest BCUT2D eigenvalue weighted by Gasteiger charge is 2.07. The molecule has 78 valence electrons. The summed E-state index contributed by atoms with van der Waals surface area (Å²) in [5.74, 6) is 0.720. The second-order valence-electron chi connectivity index (χ2n) is 3.71. The summed E-state index contributed by atoms with van der Waals surface area (Å²) in [5, 5.41) is 0. The van der Waals surface area contributed by atoms with Crippen molar-refractivity contribution in [3.63, 3.8) is 0 Å². The summed E-state index contributed by atoms with van der Waals surface area (Å²) >= 11 is 1.90. The number of hydrogen-bond donors (Lipinski definition) is 0. The van der Waals surface area contributed by atoms with E-state index < -0.39 is 0 Å². The van der Waals surface area contributed by atoms with Gasteiger partial charge in [0, 0.05) is 0 Å². The highest BCUT2D eigenvalue weighted by molar-refractivity contribution is 8.02. The van der Waals surface area contributed by atoms with Crippen LogP contribution in [0.3, 0.4) is 0 Å². The molecular weight excluding hydrogens is 178 g/mol. The van der Waals surface area contributed by atoms with Crippen molar-refractivity contribution in [3.05, 3.63) is 11.0 Å². The Bertz CT molecular complexity index is 152. The SMILES string of the molecule is CC/C=C(\SC)C(C)CCN(C)C. The van der Waals surface area contributed by atoms with Gasteiger partial charge in [0.05, 0.1) is 0 Å². The zero-order valence-corrected chi connectivity index (χ0v) is 10.4. The van der Waals surface area contributed by atoms with E-state index in [0.29, 0.717) is 0 Å². The van der Waals surface area contributed by atoms with Crippen LogP contribution in [0.4, 0.5) is 0 Å². The first-order valence-corrected chi connectivity index (χ1v) is 6.23. The Kier molecular flexibility index (Phi) is 7.48. The summed E-state index contributed by atoms with van der Waals surface area (Å²) in [6.07, 6.45) is 6.95. The molecule has 0 heterocycles.